The molecule has 1 rings (SSSR count). The van der Waals surface area contributed by atoms with E-state index in [4.69, 9.17) is 0 Å². The SMILES string of the molecule is O=CN1CC=CC1=O. The zero-order chi connectivity index (χ0) is 5.98. The Morgan fingerprint density at radius 1 is 1.75 bits per heavy atom. The van der Waals surface area contributed by atoms with Crippen molar-refractivity contribution in [2.75, 3.05) is 6.54 Å². The highest BCUT2D eigenvalue weighted by molar-refractivity contribution is 5.96. The number of hydrogen-bond donors (Lipinski definition) is 0. The summed E-state index contributed by atoms with van der Waals surface area (Å²) in [6, 6.07) is 0. The van der Waals surface area contributed by atoms with Crippen molar-refractivity contribution in [1.82, 2.24) is 4.90 Å². The number of hydrogen-bond acceptors (Lipinski definition) is 2. The Morgan fingerprint density at radius 2 is 2.50 bits per heavy atom. The topological polar surface area (TPSA) is 37.4 Å². The first kappa shape index (κ1) is 5.03. The Bertz CT molecular complexity index is 151. The predicted octanol–water partition coefficient (Wildman–Crippen LogP) is -0.459. The molecule has 0 atom stereocenters. The number of imide groups is 1. The molecule has 1 aliphatic rings. The Balaban J connectivity index is 2.63. The van der Waals surface area contributed by atoms with Crippen LogP contribution in [0, 0.1) is 0 Å². The largest absolute Gasteiger partial charge is 0.278 e. The van der Waals surface area contributed by atoms with Gasteiger partial charge < -0.3 is 0 Å². The number of amides is 2. The van der Waals surface area contributed by atoms with Crippen LogP contribution in [0.4, 0.5) is 0 Å². The molecule has 1 heterocycles. The number of carbonyl (C=O) groups is 2. The highest BCUT2D eigenvalue weighted by Crippen LogP contribution is 1.95. The van der Waals surface area contributed by atoms with E-state index in [2.05, 4.69) is 0 Å². The molecule has 0 fully saturated rings. The van der Waals surface area contributed by atoms with Crippen molar-refractivity contribution in [2.45, 2.75) is 0 Å². The maximum Gasteiger partial charge on any atom is 0.252 e. The molecule has 0 saturated carbocycles. The molecule has 0 saturated heterocycles. The van der Waals surface area contributed by atoms with E-state index < -0.39 is 0 Å². The van der Waals surface area contributed by atoms with E-state index in [-0.39, 0.29) is 5.91 Å². The quantitative estimate of drug-likeness (QED) is 0.429. The summed E-state index contributed by atoms with van der Waals surface area (Å²) in [7, 11) is 0. The van der Waals surface area contributed by atoms with E-state index in [1.54, 1.807) is 6.08 Å². The zero-order valence-electron chi connectivity index (χ0n) is 4.20. The highest BCUT2D eigenvalue weighted by Gasteiger charge is 2.11. The molecule has 3 heteroatoms. The summed E-state index contributed by atoms with van der Waals surface area (Å²) in [6.45, 7) is 0.433. The molecule has 0 N–H and O–H groups in total. The van der Waals surface area contributed by atoms with Gasteiger partial charge in [0.2, 0.25) is 6.41 Å². The fourth-order valence-electron chi connectivity index (χ4n) is 0.548. The lowest BCUT2D eigenvalue weighted by molar-refractivity contribution is -0.132. The van der Waals surface area contributed by atoms with Crippen molar-refractivity contribution in [3.05, 3.63) is 12.2 Å². The lowest BCUT2D eigenvalue weighted by Gasteiger charge is -2.01. The van der Waals surface area contributed by atoms with Crippen LogP contribution in [0.25, 0.3) is 0 Å². The molecule has 8 heavy (non-hydrogen) atoms. The van der Waals surface area contributed by atoms with Gasteiger partial charge in [-0.05, 0) is 0 Å². The summed E-state index contributed by atoms with van der Waals surface area (Å²) < 4.78 is 0. The minimum absolute atomic E-state index is 0.222. The van der Waals surface area contributed by atoms with E-state index in [0.717, 1.165) is 4.90 Å². The van der Waals surface area contributed by atoms with Crippen LogP contribution >= 0.6 is 0 Å². The summed E-state index contributed by atoms with van der Waals surface area (Å²) in [6.07, 6.45) is 3.56. The molecule has 3 nitrogen and oxygen atoms in total. The molecule has 1 aliphatic heterocycles. The Hall–Kier alpha value is -1.12. The molecule has 0 spiro atoms. The molecule has 2 amide bonds. The second kappa shape index (κ2) is 1.78. The average Bonchev–Trinajstić information content (AvgIpc) is 2.14. The lowest BCUT2D eigenvalue weighted by Crippen LogP contribution is -2.22. The van der Waals surface area contributed by atoms with Crippen LogP contribution in [0.1, 0.15) is 0 Å². The first-order valence-electron chi connectivity index (χ1n) is 2.27. The summed E-state index contributed by atoms with van der Waals surface area (Å²) in [5.74, 6) is -0.222. The summed E-state index contributed by atoms with van der Waals surface area (Å²) >= 11 is 0. The van der Waals surface area contributed by atoms with Gasteiger partial charge in [0, 0.05) is 12.6 Å². The van der Waals surface area contributed by atoms with Crippen LogP contribution in [0.5, 0.6) is 0 Å². The van der Waals surface area contributed by atoms with E-state index in [1.165, 1.54) is 6.08 Å². The fourth-order valence-corrected chi connectivity index (χ4v) is 0.548. The van der Waals surface area contributed by atoms with Crippen molar-refractivity contribution in [3.63, 3.8) is 0 Å². The van der Waals surface area contributed by atoms with Crippen molar-refractivity contribution in [3.8, 4) is 0 Å². The Labute approximate surface area is 46.6 Å². The van der Waals surface area contributed by atoms with Crippen LogP contribution in [-0.2, 0) is 9.59 Å². The molecule has 0 aromatic heterocycles. The van der Waals surface area contributed by atoms with Gasteiger partial charge in [-0.2, -0.15) is 0 Å². The van der Waals surface area contributed by atoms with Gasteiger partial charge in [-0.1, -0.05) is 6.08 Å². The second-order valence-electron chi connectivity index (χ2n) is 1.50. The van der Waals surface area contributed by atoms with E-state index in [9.17, 15) is 9.59 Å². The van der Waals surface area contributed by atoms with Gasteiger partial charge in [-0.25, -0.2) is 0 Å². The van der Waals surface area contributed by atoms with Crippen molar-refractivity contribution in [1.29, 1.82) is 0 Å². The van der Waals surface area contributed by atoms with Crippen molar-refractivity contribution < 1.29 is 9.59 Å². The maximum absolute atomic E-state index is 10.4. The summed E-state index contributed by atoms with van der Waals surface area (Å²) in [5, 5.41) is 0. The van der Waals surface area contributed by atoms with Crippen molar-refractivity contribution in [2.24, 2.45) is 0 Å². The second-order valence-corrected chi connectivity index (χ2v) is 1.50. The summed E-state index contributed by atoms with van der Waals surface area (Å²) in [5.41, 5.74) is 0. The van der Waals surface area contributed by atoms with Crippen LogP contribution < -0.4 is 0 Å². The monoisotopic (exact) mass is 111 g/mol. The molecule has 42 valence electrons. The first-order chi connectivity index (χ1) is 3.84. The first-order valence-corrected chi connectivity index (χ1v) is 2.27. The standard InChI is InChI=1S/C5H5NO2/c7-4-6-3-1-2-5(6)8/h1-2,4H,3H2. The number of carbonyl (C=O) groups excluding carboxylic acids is 2. The molecule has 0 radical (unpaired) electrons. The molecule has 0 aromatic carbocycles. The van der Waals surface area contributed by atoms with E-state index >= 15 is 0 Å². The predicted molar refractivity (Wildman–Crippen MR) is 26.9 cm³/mol. The van der Waals surface area contributed by atoms with Gasteiger partial charge in [0.1, 0.15) is 0 Å². The van der Waals surface area contributed by atoms with Crippen LogP contribution in [0.15, 0.2) is 12.2 Å². The number of rotatable bonds is 1. The number of nitrogens with zero attached hydrogens (tertiary/aromatic N) is 1. The molecular weight excluding hydrogens is 106 g/mol. The maximum atomic E-state index is 10.4. The average molecular weight is 111 g/mol. The minimum atomic E-state index is -0.222. The molecule has 0 aliphatic carbocycles. The normalized spacial score (nSPS) is 17.5. The molecule has 0 bridgehead atoms. The van der Waals surface area contributed by atoms with Gasteiger partial charge in [0.05, 0.1) is 0 Å². The third kappa shape index (κ3) is 0.621. The molecule has 0 aromatic rings. The molecular formula is C5H5NO2. The van der Waals surface area contributed by atoms with Gasteiger partial charge in [0.25, 0.3) is 5.91 Å². The van der Waals surface area contributed by atoms with Gasteiger partial charge >= 0.3 is 0 Å². The van der Waals surface area contributed by atoms with Crippen LogP contribution in [-0.4, -0.2) is 23.8 Å². The van der Waals surface area contributed by atoms with Gasteiger partial charge in [-0.3, -0.25) is 14.5 Å². The zero-order valence-corrected chi connectivity index (χ0v) is 4.20. The van der Waals surface area contributed by atoms with Crippen LogP contribution in [0.2, 0.25) is 0 Å². The van der Waals surface area contributed by atoms with Gasteiger partial charge in [0.15, 0.2) is 0 Å². The smallest absolute Gasteiger partial charge is 0.252 e. The minimum Gasteiger partial charge on any atom is -0.278 e. The van der Waals surface area contributed by atoms with E-state index in [0.29, 0.717) is 13.0 Å². The summed E-state index contributed by atoms with van der Waals surface area (Å²) in [4.78, 5) is 21.4. The third-order valence-electron chi connectivity index (χ3n) is 0.973. The fraction of sp³-hybridized carbons (Fsp3) is 0.200. The van der Waals surface area contributed by atoms with E-state index in [1.807, 2.05) is 0 Å². The highest BCUT2D eigenvalue weighted by atomic mass is 16.2. The Morgan fingerprint density at radius 3 is 2.75 bits per heavy atom. The van der Waals surface area contributed by atoms with Crippen molar-refractivity contribution >= 4 is 12.3 Å². The third-order valence-corrected chi connectivity index (χ3v) is 0.973. The molecule has 0 unspecified atom stereocenters. The van der Waals surface area contributed by atoms with Crippen LogP contribution in [0.3, 0.4) is 0 Å². The lowest BCUT2D eigenvalue weighted by atomic mass is 10.6. The van der Waals surface area contributed by atoms with Gasteiger partial charge in [-0.15, -0.1) is 0 Å². The Kier molecular flexibility index (Phi) is 1.12.